The molecule has 0 saturated carbocycles. The molecule has 1 fully saturated rings. The first-order valence-corrected chi connectivity index (χ1v) is 10.5. The van der Waals surface area contributed by atoms with Crippen LogP contribution >= 0.6 is 23.8 Å². The van der Waals surface area contributed by atoms with E-state index in [1.165, 1.54) is 25.1 Å². The van der Waals surface area contributed by atoms with E-state index in [0.29, 0.717) is 28.7 Å². The van der Waals surface area contributed by atoms with Gasteiger partial charge < -0.3 is 9.47 Å². The summed E-state index contributed by atoms with van der Waals surface area (Å²) in [5.41, 5.74) is 1.45. The quantitative estimate of drug-likeness (QED) is 0.344. The van der Waals surface area contributed by atoms with Crippen molar-refractivity contribution in [1.82, 2.24) is 10.2 Å². The fraction of sp³-hybridized carbons (Fsp3) is 0.125. The second kappa shape index (κ2) is 8.98. The molecular formula is C24H19ClN2O4S. The monoisotopic (exact) mass is 466 g/mol. The molecule has 0 aliphatic carbocycles. The van der Waals surface area contributed by atoms with Crippen molar-refractivity contribution in [3.8, 4) is 11.5 Å². The highest BCUT2D eigenvalue weighted by Crippen LogP contribution is 2.38. The summed E-state index contributed by atoms with van der Waals surface area (Å²) < 4.78 is 11.4. The van der Waals surface area contributed by atoms with E-state index in [0.717, 1.165) is 16.3 Å². The second-order valence-electron chi connectivity index (χ2n) is 7.19. The molecule has 8 heteroatoms. The molecule has 3 aromatic rings. The molecule has 0 aromatic heterocycles. The van der Waals surface area contributed by atoms with Gasteiger partial charge in [0, 0.05) is 7.05 Å². The third-order valence-corrected chi connectivity index (χ3v) is 5.72. The van der Waals surface area contributed by atoms with Crippen LogP contribution in [0.25, 0.3) is 16.8 Å². The number of ether oxygens (including phenoxy) is 2. The maximum atomic E-state index is 12.4. The lowest BCUT2D eigenvalue weighted by molar-refractivity contribution is -0.128. The van der Waals surface area contributed by atoms with Crippen LogP contribution in [-0.2, 0) is 16.2 Å². The number of likely N-dealkylation sites (N-methyl/N-ethyl adjacent to an activating group) is 1. The van der Waals surface area contributed by atoms with Crippen molar-refractivity contribution >= 4 is 57.6 Å². The largest absolute Gasteiger partial charge is 0.493 e. The van der Waals surface area contributed by atoms with Crippen LogP contribution in [0.5, 0.6) is 11.5 Å². The van der Waals surface area contributed by atoms with Gasteiger partial charge in [0.1, 0.15) is 12.2 Å². The summed E-state index contributed by atoms with van der Waals surface area (Å²) in [5, 5.41) is 5.10. The zero-order valence-corrected chi connectivity index (χ0v) is 18.9. The number of thiocarbonyl (C=S) groups is 1. The average molecular weight is 467 g/mol. The number of fused-ring (bicyclic) bond motifs is 1. The molecule has 1 heterocycles. The van der Waals surface area contributed by atoms with Crippen LogP contribution < -0.4 is 14.8 Å². The maximum Gasteiger partial charge on any atom is 0.265 e. The average Bonchev–Trinajstić information content (AvgIpc) is 2.79. The van der Waals surface area contributed by atoms with Crippen molar-refractivity contribution < 1.29 is 19.1 Å². The van der Waals surface area contributed by atoms with Gasteiger partial charge >= 0.3 is 0 Å². The lowest BCUT2D eigenvalue weighted by atomic mass is 10.1. The van der Waals surface area contributed by atoms with Crippen molar-refractivity contribution in [2.24, 2.45) is 0 Å². The van der Waals surface area contributed by atoms with Crippen molar-refractivity contribution in [3.05, 3.63) is 76.3 Å². The number of amides is 2. The zero-order valence-electron chi connectivity index (χ0n) is 17.3. The van der Waals surface area contributed by atoms with E-state index in [-0.39, 0.29) is 10.7 Å². The highest BCUT2D eigenvalue weighted by atomic mass is 35.5. The minimum Gasteiger partial charge on any atom is -0.493 e. The first-order chi connectivity index (χ1) is 15.4. The van der Waals surface area contributed by atoms with E-state index in [1.807, 2.05) is 30.3 Å². The molecule has 0 atom stereocenters. The van der Waals surface area contributed by atoms with Crippen molar-refractivity contribution in [2.45, 2.75) is 6.61 Å². The van der Waals surface area contributed by atoms with Gasteiger partial charge in [-0.3, -0.25) is 19.8 Å². The van der Waals surface area contributed by atoms with Crippen molar-refractivity contribution in [2.75, 3.05) is 14.2 Å². The van der Waals surface area contributed by atoms with Crippen molar-refractivity contribution in [3.63, 3.8) is 0 Å². The van der Waals surface area contributed by atoms with E-state index < -0.39 is 11.8 Å². The van der Waals surface area contributed by atoms with E-state index in [4.69, 9.17) is 33.3 Å². The molecule has 1 aliphatic rings. The molecule has 0 bridgehead atoms. The molecule has 1 saturated heterocycles. The van der Waals surface area contributed by atoms with E-state index in [2.05, 4.69) is 17.4 Å². The Bertz CT molecular complexity index is 1290. The second-order valence-corrected chi connectivity index (χ2v) is 7.98. The standard InChI is InChI=1S/C24H19ClN2O4S/c1-27-23(29)18(22(28)26-24(27)32)10-15-11-19(25)21(20(12-15)30-2)31-13-14-7-8-16-5-3-4-6-17(16)9-14/h3-12H,13H2,1-2H3,(H,26,28,32)/b18-10+. The van der Waals surface area contributed by atoms with Crippen LogP contribution in [0, 0.1) is 0 Å². The molecule has 0 radical (unpaired) electrons. The normalized spacial score (nSPS) is 15.3. The Kier molecular flexibility index (Phi) is 6.12. The summed E-state index contributed by atoms with van der Waals surface area (Å²) in [6.07, 6.45) is 1.44. The molecule has 1 aliphatic heterocycles. The molecule has 2 amide bonds. The Morgan fingerprint density at radius 2 is 1.84 bits per heavy atom. The van der Waals surface area contributed by atoms with Crippen LogP contribution in [0.1, 0.15) is 11.1 Å². The number of nitrogens with one attached hydrogen (secondary N) is 1. The number of nitrogens with zero attached hydrogens (tertiary/aromatic N) is 1. The summed E-state index contributed by atoms with van der Waals surface area (Å²) in [4.78, 5) is 25.8. The van der Waals surface area contributed by atoms with Crippen LogP contribution in [-0.4, -0.2) is 36.0 Å². The van der Waals surface area contributed by atoms with Gasteiger partial charge in [-0.25, -0.2) is 0 Å². The van der Waals surface area contributed by atoms with Crippen LogP contribution in [0.4, 0.5) is 0 Å². The molecule has 6 nitrogen and oxygen atoms in total. The highest BCUT2D eigenvalue weighted by Gasteiger charge is 2.30. The fourth-order valence-corrected chi connectivity index (χ4v) is 3.81. The van der Waals surface area contributed by atoms with Crippen LogP contribution in [0.2, 0.25) is 5.02 Å². The lowest BCUT2D eigenvalue weighted by Gasteiger charge is -2.25. The third-order valence-electron chi connectivity index (χ3n) is 5.06. The summed E-state index contributed by atoms with van der Waals surface area (Å²) in [5.74, 6) is -0.296. The Hall–Kier alpha value is -3.42. The number of halogens is 1. The molecule has 0 spiro atoms. The summed E-state index contributed by atoms with van der Waals surface area (Å²) in [6.45, 7) is 0.296. The molecule has 32 heavy (non-hydrogen) atoms. The molecule has 1 N–H and O–H groups in total. The van der Waals surface area contributed by atoms with Crippen LogP contribution in [0.15, 0.2) is 60.2 Å². The predicted molar refractivity (Wildman–Crippen MR) is 128 cm³/mol. The lowest BCUT2D eigenvalue weighted by Crippen LogP contribution is -2.52. The van der Waals surface area contributed by atoms with E-state index in [1.54, 1.807) is 12.1 Å². The Morgan fingerprint density at radius 1 is 1.09 bits per heavy atom. The number of hydrogen-bond donors (Lipinski definition) is 1. The number of benzene rings is 3. The SMILES string of the molecule is COc1cc(/C=C2\C(=O)NC(=S)N(C)C2=O)cc(Cl)c1OCc1ccc2ccccc2c1. The van der Waals surface area contributed by atoms with Gasteiger partial charge in [-0.15, -0.1) is 0 Å². The van der Waals surface area contributed by atoms with Gasteiger partial charge in [0.25, 0.3) is 11.8 Å². The van der Waals surface area contributed by atoms with Crippen LogP contribution in [0.3, 0.4) is 0 Å². The fourth-order valence-electron chi connectivity index (χ4n) is 3.36. The van der Waals surface area contributed by atoms with E-state index in [9.17, 15) is 9.59 Å². The van der Waals surface area contributed by atoms with Gasteiger partial charge in [0.05, 0.1) is 12.1 Å². The smallest absolute Gasteiger partial charge is 0.265 e. The minimum atomic E-state index is -0.565. The summed E-state index contributed by atoms with van der Waals surface area (Å²) in [7, 11) is 2.99. The zero-order chi connectivity index (χ0) is 22.8. The Balaban J connectivity index is 1.60. The van der Waals surface area contributed by atoms with E-state index >= 15 is 0 Å². The summed E-state index contributed by atoms with van der Waals surface area (Å²) >= 11 is 11.4. The Labute approximate surface area is 195 Å². The molecule has 162 valence electrons. The van der Waals surface area contributed by atoms with Gasteiger partial charge in [0.15, 0.2) is 16.6 Å². The number of rotatable bonds is 5. The van der Waals surface area contributed by atoms with Crippen molar-refractivity contribution in [1.29, 1.82) is 0 Å². The minimum absolute atomic E-state index is 0.0518. The maximum absolute atomic E-state index is 12.4. The molecule has 3 aromatic carbocycles. The first kappa shape index (κ1) is 21.8. The van der Waals surface area contributed by atoms with Gasteiger partial charge in [-0.2, -0.15) is 0 Å². The topological polar surface area (TPSA) is 67.9 Å². The number of methoxy groups -OCH3 is 1. The first-order valence-electron chi connectivity index (χ1n) is 9.70. The summed E-state index contributed by atoms with van der Waals surface area (Å²) in [6, 6.07) is 17.4. The van der Waals surface area contributed by atoms with Gasteiger partial charge in [0.2, 0.25) is 0 Å². The Morgan fingerprint density at radius 3 is 2.59 bits per heavy atom. The number of carbonyl (C=O) groups excluding carboxylic acids is 2. The predicted octanol–water partition coefficient (Wildman–Crippen LogP) is 4.34. The number of hydrogen-bond acceptors (Lipinski definition) is 5. The highest BCUT2D eigenvalue weighted by molar-refractivity contribution is 7.80. The van der Waals surface area contributed by atoms with Gasteiger partial charge in [-0.05, 0) is 58.4 Å². The van der Waals surface area contributed by atoms with Gasteiger partial charge in [-0.1, -0.05) is 48.0 Å². The molecule has 4 rings (SSSR count). The molecule has 0 unspecified atom stereocenters. The third kappa shape index (κ3) is 4.30. The molecular weight excluding hydrogens is 448 g/mol. The number of carbonyl (C=O) groups is 2.